The lowest BCUT2D eigenvalue weighted by Crippen LogP contribution is -2.47. The highest BCUT2D eigenvalue weighted by atomic mass is 16.5. The summed E-state index contributed by atoms with van der Waals surface area (Å²) in [5.74, 6) is -0.647. The van der Waals surface area contributed by atoms with Gasteiger partial charge in [-0.1, -0.05) is 36.4 Å². The number of hydrogen-bond acceptors (Lipinski definition) is 4. The average molecular weight is 417 g/mol. The molecule has 0 fully saturated rings. The minimum atomic E-state index is -0.790. The summed E-state index contributed by atoms with van der Waals surface area (Å²) in [5, 5.41) is 2.80. The third kappa shape index (κ3) is 5.93. The highest BCUT2D eigenvalue weighted by Crippen LogP contribution is 2.14. The number of hydrogen-bond donors (Lipinski definition) is 3. The largest absolute Gasteiger partial charge is 0.481 e. The molecule has 3 amide bonds. The second kappa shape index (κ2) is 10.1. The summed E-state index contributed by atoms with van der Waals surface area (Å²) < 4.78 is 5.51. The molecule has 1 unspecified atom stereocenters. The molecule has 0 aliphatic heterocycles. The van der Waals surface area contributed by atoms with Gasteiger partial charge in [0.2, 0.25) is 0 Å². The Hall–Kier alpha value is -4.13. The molecule has 3 aromatic rings. The van der Waals surface area contributed by atoms with Crippen LogP contribution < -0.4 is 20.9 Å². The van der Waals surface area contributed by atoms with Crippen LogP contribution in [0.3, 0.4) is 0 Å². The van der Waals surface area contributed by atoms with Crippen molar-refractivity contribution in [1.29, 1.82) is 0 Å². The molecular formula is C24H23N3O4. The highest BCUT2D eigenvalue weighted by molar-refractivity contribution is 6.05. The van der Waals surface area contributed by atoms with Crippen molar-refractivity contribution in [2.45, 2.75) is 20.0 Å². The van der Waals surface area contributed by atoms with E-state index in [-0.39, 0.29) is 5.91 Å². The third-order valence-electron chi connectivity index (χ3n) is 4.52. The third-order valence-corrected chi connectivity index (χ3v) is 4.52. The van der Waals surface area contributed by atoms with E-state index in [1.807, 2.05) is 25.1 Å². The van der Waals surface area contributed by atoms with Crippen LogP contribution in [0, 0.1) is 6.92 Å². The number of benzene rings is 3. The van der Waals surface area contributed by atoms with Gasteiger partial charge in [-0.3, -0.25) is 25.2 Å². The molecule has 1 atom stereocenters. The fourth-order valence-electron chi connectivity index (χ4n) is 2.78. The molecule has 0 aliphatic carbocycles. The minimum Gasteiger partial charge on any atom is -0.481 e. The zero-order valence-corrected chi connectivity index (χ0v) is 17.2. The molecule has 158 valence electrons. The van der Waals surface area contributed by atoms with E-state index in [4.69, 9.17) is 4.74 Å². The number of hydrazine groups is 1. The summed E-state index contributed by atoms with van der Waals surface area (Å²) in [6, 6.07) is 22.5. The Kier molecular flexibility index (Phi) is 7.01. The number of aryl methyl sites for hydroxylation is 1. The first kappa shape index (κ1) is 21.6. The second-order valence-corrected chi connectivity index (χ2v) is 6.86. The molecule has 7 nitrogen and oxygen atoms in total. The van der Waals surface area contributed by atoms with Crippen molar-refractivity contribution in [1.82, 2.24) is 10.9 Å². The van der Waals surface area contributed by atoms with E-state index in [0.29, 0.717) is 22.6 Å². The first-order valence-electron chi connectivity index (χ1n) is 9.73. The fraction of sp³-hybridized carbons (Fsp3) is 0.125. The molecule has 3 rings (SSSR count). The van der Waals surface area contributed by atoms with Crippen LogP contribution >= 0.6 is 0 Å². The maximum atomic E-state index is 12.4. The van der Waals surface area contributed by atoms with Crippen LogP contribution in [-0.4, -0.2) is 23.8 Å². The molecule has 3 N–H and O–H groups in total. The number of para-hydroxylation sites is 1. The quantitative estimate of drug-likeness (QED) is 0.535. The van der Waals surface area contributed by atoms with E-state index < -0.39 is 17.9 Å². The van der Waals surface area contributed by atoms with Gasteiger partial charge in [0.1, 0.15) is 5.75 Å². The van der Waals surface area contributed by atoms with Crippen molar-refractivity contribution in [3.05, 3.63) is 95.6 Å². The number of carbonyl (C=O) groups excluding carboxylic acids is 3. The summed E-state index contributed by atoms with van der Waals surface area (Å²) in [4.78, 5) is 36.8. The molecule has 0 radical (unpaired) electrons. The Morgan fingerprint density at radius 2 is 1.42 bits per heavy atom. The standard InChI is InChI=1S/C24H23N3O4/c1-16-8-6-7-11-21(16)24(30)25-19-14-12-18(13-15-19)23(29)27-26-22(28)17(2)31-20-9-4-3-5-10-20/h3-15,17H,1-2H3,(H,25,30)(H,26,28)(H,27,29). The first-order chi connectivity index (χ1) is 14.9. The number of carbonyl (C=O) groups is 3. The lowest BCUT2D eigenvalue weighted by Gasteiger charge is -2.15. The minimum absolute atomic E-state index is 0.227. The van der Waals surface area contributed by atoms with Crippen molar-refractivity contribution < 1.29 is 19.1 Å². The molecule has 7 heteroatoms. The molecule has 0 aromatic heterocycles. The zero-order valence-electron chi connectivity index (χ0n) is 17.2. The number of ether oxygens (including phenoxy) is 1. The van der Waals surface area contributed by atoms with Gasteiger partial charge in [-0.25, -0.2) is 0 Å². The van der Waals surface area contributed by atoms with E-state index >= 15 is 0 Å². The fourth-order valence-corrected chi connectivity index (χ4v) is 2.78. The van der Waals surface area contributed by atoms with Crippen LogP contribution in [0.4, 0.5) is 5.69 Å². The summed E-state index contributed by atoms with van der Waals surface area (Å²) >= 11 is 0. The molecule has 31 heavy (non-hydrogen) atoms. The average Bonchev–Trinajstić information content (AvgIpc) is 2.78. The van der Waals surface area contributed by atoms with Gasteiger partial charge in [-0.2, -0.15) is 0 Å². The normalized spacial score (nSPS) is 11.2. The summed E-state index contributed by atoms with van der Waals surface area (Å²) in [7, 11) is 0. The Morgan fingerprint density at radius 1 is 0.774 bits per heavy atom. The predicted molar refractivity (Wildman–Crippen MR) is 118 cm³/mol. The van der Waals surface area contributed by atoms with E-state index in [1.54, 1.807) is 67.6 Å². The van der Waals surface area contributed by atoms with Crippen molar-refractivity contribution in [2.75, 3.05) is 5.32 Å². The summed E-state index contributed by atoms with van der Waals surface area (Å²) in [6.45, 7) is 3.45. The maximum Gasteiger partial charge on any atom is 0.279 e. The van der Waals surface area contributed by atoms with Crippen molar-refractivity contribution in [3.63, 3.8) is 0 Å². The first-order valence-corrected chi connectivity index (χ1v) is 9.73. The highest BCUT2D eigenvalue weighted by Gasteiger charge is 2.16. The van der Waals surface area contributed by atoms with Crippen molar-refractivity contribution in [2.24, 2.45) is 0 Å². The van der Waals surface area contributed by atoms with Crippen molar-refractivity contribution >= 4 is 23.4 Å². The lowest BCUT2D eigenvalue weighted by atomic mass is 10.1. The van der Waals surface area contributed by atoms with Crippen LogP contribution in [0.5, 0.6) is 5.75 Å². The predicted octanol–water partition coefficient (Wildman–Crippen LogP) is 3.48. The smallest absolute Gasteiger partial charge is 0.279 e. The number of rotatable bonds is 6. The van der Waals surface area contributed by atoms with Gasteiger partial charge in [-0.05, 0) is 61.9 Å². The summed E-state index contributed by atoms with van der Waals surface area (Å²) in [6.07, 6.45) is -0.790. The van der Waals surface area contributed by atoms with E-state index in [9.17, 15) is 14.4 Å². The molecule has 0 spiro atoms. The van der Waals surface area contributed by atoms with E-state index in [2.05, 4.69) is 16.2 Å². The molecule has 0 heterocycles. The van der Waals surface area contributed by atoms with Gasteiger partial charge >= 0.3 is 0 Å². The van der Waals surface area contributed by atoms with Gasteiger partial charge in [0.15, 0.2) is 6.10 Å². The van der Waals surface area contributed by atoms with Gasteiger partial charge < -0.3 is 10.1 Å². The van der Waals surface area contributed by atoms with E-state index in [0.717, 1.165) is 5.56 Å². The number of amides is 3. The molecule has 3 aromatic carbocycles. The van der Waals surface area contributed by atoms with Gasteiger partial charge in [-0.15, -0.1) is 0 Å². The number of nitrogens with one attached hydrogen (secondary N) is 3. The maximum absolute atomic E-state index is 12.4. The topological polar surface area (TPSA) is 96.5 Å². The SMILES string of the molecule is Cc1ccccc1C(=O)Nc1ccc(C(=O)NNC(=O)C(C)Oc2ccccc2)cc1. The van der Waals surface area contributed by atoms with Gasteiger partial charge in [0.05, 0.1) is 0 Å². The number of anilines is 1. The zero-order chi connectivity index (χ0) is 22.2. The monoisotopic (exact) mass is 417 g/mol. The molecule has 0 bridgehead atoms. The van der Waals surface area contributed by atoms with Gasteiger partial charge in [0, 0.05) is 16.8 Å². The Morgan fingerprint density at radius 3 is 2.10 bits per heavy atom. The van der Waals surface area contributed by atoms with Crippen LogP contribution in [-0.2, 0) is 4.79 Å². The van der Waals surface area contributed by atoms with Crippen LogP contribution in [0.15, 0.2) is 78.9 Å². The molecule has 0 saturated carbocycles. The van der Waals surface area contributed by atoms with Crippen LogP contribution in [0.1, 0.15) is 33.2 Å². The summed E-state index contributed by atoms with van der Waals surface area (Å²) in [5.41, 5.74) is 7.03. The lowest BCUT2D eigenvalue weighted by molar-refractivity contribution is -0.128. The van der Waals surface area contributed by atoms with Gasteiger partial charge in [0.25, 0.3) is 17.7 Å². The van der Waals surface area contributed by atoms with E-state index in [1.165, 1.54) is 0 Å². The molecule has 0 saturated heterocycles. The Labute approximate surface area is 180 Å². The Bertz CT molecular complexity index is 1070. The van der Waals surface area contributed by atoms with Crippen molar-refractivity contribution in [3.8, 4) is 5.75 Å². The molecule has 0 aliphatic rings. The van der Waals surface area contributed by atoms with Crippen LogP contribution in [0.2, 0.25) is 0 Å². The van der Waals surface area contributed by atoms with Crippen LogP contribution in [0.25, 0.3) is 0 Å². The second-order valence-electron chi connectivity index (χ2n) is 6.86. The molecular weight excluding hydrogens is 394 g/mol. The Balaban J connectivity index is 1.51.